The Bertz CT molecular complexity index is 1050. The molecule has 0 spiro atoms. The molecule has 1 saturated carbocycles. The lowest BCUT2D eigenvalue weighted by molar-refractivity contribution is -0.384. The van der Waals surface area contributed by atoms with Gasteiger partial charge in [0.15, 0.2) is 5.76 Å². The third kappa shape index (κ3) is 4.35. The summed E-state index contributed by atoms with van der Waals surface area (Å²) in [7, 11) is 0. The van der Waals surface area contributed by atoms with Gasteiger partial charge in [-0.05, 0) is 44.7 Å². The Morgan fingerprint density at radius 2 is 1.81 bits per heavy atom. The molecule has 0 saturated heterocycles. The lowest BCUT2D eigenvalue weighted by atomic mass is 9.93. The molecule has 0 aliphatic heterocycles. The molecule has 2 aliphatic rings. The zero-order valence-electron chi connectivity index (χ0n) is 17.3. The number of amides is 2. The molecule has 0 radical (unpaired) electrons. The topological polar surface area (TPSA) is 127 Å². The summed E-state index contributed by atoms with van der Waals surface area (Å²) in [6.45, 7) is 1.84. The van der Waals surface area contributed by atoms with Crippen LogP contribution in [0.25, 0.3) is 0 Å². The van der Waals surface area contributed by atoms with Crippen LogP contribution >= 0.6 is 0 Å². The number of carbonyl (C=O) groups is 2. The first-order valence-corrected chi connectivity index (χ1v) is 10.5. The van der Waals surface area contributed by atoms with Crippen LogP contribution in [-0.4, -0.2) is 28.5 Å². The second-order valence-corrected chi connectivity index (χ2v) is 7.97. The van der Waals surface area contributed by atoms with Crippen molar-refractivity contribution in [3.63, 3.8) is 0 Å². The molecule has 0 atom stereocenters. The van der Waals surface area contributed by atoms with Gasteiger partial charge in [-0.3, -0.25) is 19.7 Å². The van der Waals surface area contributed by atoms with Gasteiger partial charge in [-0.2, -0.15) is 5.10 Å². The number of fused-ring (bicyclic) bond motifs is 1. The van der Waals surface area contributed by atoms with Crippen LogP contribution in [0.4, 0.5) is 5.69 Å². The highest BCUT2D eigenvalue weighted by Gasteiger charge is 2.29. The minimum absolute atomic E-state index is 0.0859. The van der Waals surface area contributed by atoms with Crippen molar-refractivity contribution in [2.75, 3.05) is 0 Å². The van der Waals surface area contributed by atoms with Crippen LogP contribution in [0.2, 0.25) is 0 Å². The summed E-state index contributed by atoms with van der Waals surface area (Å²) < 4.78 is 5.90. The molecule has 2 amide bonds. The molecule has 2 N–H and O–H groups in total. The van der Waals surface area contributed by atoms with Crippen molar-refractivity contribution < 1.29 is 18.9 Å². The van der Waals surface area contributed by atoms with E-state index in [4.69, 9.17) is 4.42 Å². The number of nitrogens with one attached hydrogen (secondary N) is 2. The SMILES string of the molecule is Cc1c(C(=O)NC2CCCC2)oc2c1/C(=N/NC(=O)c1ccc([N+](=O)[O-])cc1)CCC2. The van der Waals surface area contributed by atoms with Gasteiger partial charge in [0.2, 0.25) is 0 Å². The van der Waals surface area contributed by atoms with Crippen LogP contribution in [0.3, 0.4) is 0 Å². The molecule has 2 aromatic rings. The van der Waals surface area contributed by atoms with Gasteiger partial charge < -0.3 is 9.73 Å². The minimum atomic E-state index is -0.520. The molecular weight excluding hydrogens is 400 g/mol. The van der Waals surface area contributed by atoms with Crippen molar-refractivity contribution in [1.29, 1.82) is 0 Å². The Hall–Kier alpha value is -3.49. The van der Waals surface area contributed by atoms with Crippen molar-refractivity contribution in [3.8, 4) is 0 Å². The number of benzene rings is 1. The van der Waals surface area contributed by atoms with Gasteiger partial charge in [-0.1, -0.05) is 12.8 Å². The molecule has 1 aromatic heterocycles. The predicted molar refractivity (Wildman–Crippen MR) is 113 cm³/mol. The minimum Gasteiger partial charge on any atom is -0.455 e. The first kappa shape index (κ1) is 20.8. The molecule has 1 heterocycles. The molecule has 1 aromatic carbocycles. The fraction of sp³-hybridized carbons (Fsp3) is 0.409. The Morgan fingerprint density at radius 3 is 2.48 bits per heavy atom. The predicted octanol–water partition coefficient (Wildman–Crippen LogP) is 3.64. The summed E-state index contributed by atoms with van der Waals surface area (Å²) in [6.07, 6.45) is 6.41. The van der Waals surface area contributed by atoms with Crippen LogP contribution < -0.4 is 10.7 Å². The second-order valence-electron chi connectivity index (χ2n) is 7.97. The molecule has 9 heteroatoms. The zero-order chi connectivity index (χ0) is 22.0. The maximum absolute atomic E-state index is 12.7. The Labute approximate surface area is 179 Å². The van der Waals surface area contributed by atoms with Crippen molar-refractivity contribution in [3.05, 3.63) is 62.6 Å². The van der Waals surface area contributed by atoms with Gasteiger partial charge in [0.25, 0.3) is 17.5 Å². The number of carbonyl (C=O) groups excluding carboxylic acids is 2. The fourth-order valence-electron chi connectivity index (χ4n) is 4.24. The fourth-order valence-corrected chi connectivity index (χ4v) is 4.24. The van der Waals surface area contributed by atoms with E-state index >= 15 is 0 Å². The van der Waals surface area contributed by atoms with E-state index in [-0.39, 0.29) is 23.2 Å². The van der Waals surface area contributed by atoms with Crippen molar-refractivity contribution in [2.45, 2.75) is 57.9 Å². The Morgan fingerprint density at radius 1 is 1.10 bits per heavy atom. The van der Waals surface area contributed by atoms with Gasteiger partial charge in [-0.15, -0.1) is 0 Å². The average Bonchev–Trinajstić information content (AvgIpc) is 3.40. The lowest BCUT2D eigenvalue weighted by Gasteiger charge is -2.13. The normalized spacial score (nSPS) is 17.4. The number of hydrogen-bond acceptors (Lipinski definition) is 6. The molecule has 2 aliphatic carbocycles. The third-order valence-electron chi connectivity index (χ3n) is 5.86. The highest BCUT2D eigenvalue weighted by atomic mass is 16.6. The van der Waals surface area contributed by atoms with E-state index < -0.39 is 10.8 Å². The maximum atomic E-state index is 12.7. The van der Waals surface area contributed by atoms with E-state index in [2.05, 4.69) is 15.8 Å². The van der Waals surface area contributed by atoms with Crippen LogP contribution in [0.1, 0.15) is 76.3 Å². The van der Waals surface area contributed by atoms with E-state index in [9.17, 15) is 19.7 Å². The van der Waals surface area contributed by atoms with Crippen molar-refractivity contribution >= 4 is 23.2 Å². The van der Waals surface area contributed by atoms with E-state index in [0.29, 0.717) is 30.1 Å². The van der Waals surface area contributed by atoms with Gasteiger partial charge >= 0.3 is 0 Å². The van der Waals surface area contributed by atoms with Gasteiger partial charge in [-0.25, -0.2) is 5.43 Å². The number of nitro benzene ring substituents is 1. The number of nitro groups is 1. The molecule has 4 rings (SSSR count). The quantitative estimate of drug-likeness (QED) is 0.560. The number of aryl methyl sites for hydroxylation is 1. The summed E-state index contributed by atoms with van der Waals surface area (Å²) >= 11 is 0. The number of nitrogens with zero attached hydrogens (tertiary/aromatic N) is 2. The van der Waals surface area contributed by atoms with Gasteiger partial charge in [0.05, 0.1) is 10.6 Å². The van der Waals surface area contributed by atoms with Crippen molar-refractivity contribution in [1.82, 2.24) is 10.7 Å². The largest absolute Gasteiger partial charge is 0.455 e. The van der Waals surface area contributed by atoms with Gasteiger partial charge in [0, 0.05) is 41.3 Å². The van der Waals surface area contributed by atoms with E-state index in [1.54, 1.807) is 0 Å². The van der Waals surface area contributed by atoms with Crippen LogP contribution in [0.15, 0.2) is 33.8 Å². The maximum Gasteiger partial charge on any atom is 0.287 e. The van der Waals surface area contributed by atoms with Crippen LogP contribution in [0, 0.1) is 17.0 Å². The van der Waals surface area contributed by atoms with Crippen LogP contribution in [0.5, 0.6) is 0 Å². The number of rotatable bonds is 5. The van der Waals surface area contributed by atoms with E-state index in [1.165, 1.54) is 24.3 Å². The van der Waals surface area contributed by atoms with Crippen molar-refractivity contribution in [2.24, 2.45) is 5.10 Å². The molecule has 0 unspecified atom stereocenters. The molecule has 0 bridgehead atoms. The number of furan rings is 1. The van der Waals surface area contributed by atoms with Gasteiger partial charge in [0.1, 0.15) is 5.76 Å². The summed E-state index contributed by atoms with van der Waals surface area (Å²) in [4.78, 5) is 35.3. The first-order valence-electron chi connectivity index (χ1n) is 10.5. The lowest BCUT2D eigenvalue weighted by Crippen LogP contribution is -2.32. The monoisotopic (exact) mass is 424 g/mol. The molecule has 1 fully saturated rings. The summed E-state index contributed by atoms with van der Waals surface area (Å²) in [5.41, 5.74) is 4.88. The summed E-state index contributed by atoms with van der Waals surface area (Å²) in [5.74, 6) is 0.361. The first-order chi connectivity index (χ1) is 14.9. The van der Waals surface area contributed by atoms with E-state index in [0.717, 1.165) is 43.2 Å². The number of hydrazone groups is 1. The Kier molecular flexibility index (Phi) is 5.83. The summed E-state index contributed by atoms with van der Waals surface area (Å²) in [6, 6.07) is 5.51. The summed E-state index contributed by atoms with van der Waals surface area (Å²) in [5, 5.41) is 18.1. The number of hydrogen-bond donors (Lipinski definition) is 2. The molecule has 31 heavy (non-hydrogen) atoms. The second kappa shape index (κ2) is 8.71. The highest BCUT2D eigenvalue weighted by Crippen LogP contribution is 2.30. The average molecular weight is 424 g/mol. The molecular formula is C22H24N4O5. The van der Waals surface area contributed by atoms with E-state index in [1.807, 2.05) is 6.92 Å². The van der Waals surface area contributed by atoms with Crippen LogP contribution in [-0.2, 0) is 6.42 Å². The molecule has 9 nitrogen and oxygen atoms in total. The molecule has 162 valence electrons. The third-order valence-corrected chi connectivity index (χ3v) is 5.86. The zero-order valence-corrected chi connectivity index (χ0v) is 17.3. The standard InChI is InChI=1S/C22H24N4O5/c1-13-19-17(24-25-21(27)14-9-11-16(12-10-14)26(29)30)7-4-8-18(19)31-20(13)22(28)23-15-5-2-3-6-15/h9-12,15H,2-8H2,1H3,(H,23,28)(H,25,27)/b24-17+. The highest BCUT2D eigenvalue weighted by molar-refractivity contribution is 6.07. The Balaban J connectivity index is 1.51. The number of non-ortho nitro benzene ring substituents is 1. The smallest absolute Gasteiger partial charge is 0.287 e.